The van der Waals surface area contributed by atoms with Gasteiger partial charge in [0.1, 0.15) is 5.82 Å². The molecule has 1 aromatic carbocycles. The van der Waals surface area contributed by atoms with E-state index < -0.39 is 0 Å². The molecule has 0 radical (unpaired) electrons. The van der Waals surface area contributed by atoms with Crippen LogP contribution in [0.5, 0.6) is 11.5 Å². The van der Waals surface area contributed by atoms with E-state index in [1.807, 2.05) is 23.1 Å². The van der Waals surface area contributed by atoms with Crippen LogP contribution in [0.3, 0.4) is 0 Å². The van der Waals surface area contributed by atoms with E-state index in [0.717, 1.165) is 31.7 Å². The van der Waals surface area contributed by atoms with Crippen LogP contribution >= 0.6 is 0 Å². The van der Waals surface area contributed by atoms with E-state index >= 15 is 0 Å². The lowest BCUT2D eigenvalue weighted by Crippen LogP contribution is -2.42. The molecule has 3 aliphatic heterocycles. The Morgan fingerprint density at radius 1 is 0.969 bits per heavy atom. The molecule has 0 unspecified atom stereocenters. The minimum Gasteiger partial charge on any atom is -0.454 e. The van der Waals surface area contributed by atoms with E-state index in [1.165, 1.54) is 6.42 Å². The van der Waals surface area contributed by atoms with Gasteiger partial charge in [0.05, 0.1) is 5.56 Å². The first-order valence-corrected chi connectivity index (χ1v) is 11.4. The number of fused-ring (bicyclic) bond motifs is 1. The fourth-order valence-electron chi connectivity index (χ4n) is 4.66. The molecule has 168 valence electrons. The van der Waals surface area contributed by atoms with Gasteiger partial charge in [0.25, 0.3) is 5.91 Å². The number of anilines is 2. The number of nitrogens with one attached hydrogen (secondary N) is 1. The molecule has 2 aromatic rings. The zero-order chi connectivity index (χ0) is 21.9. The van der Waals surface area contributed by atoms with Crippen LogP contribution in [0.1, 0.15) is 42.5 Å². The molecule has 8 nitrogen and oxygen atoms in total. The van der Waals surface area contributed by atoms with Crippen molar-refractivity contribution >= 4 is 23.3 Å². The van der Waals surface area contributed by atoms with Crippen LogP contribution in [0.4, 0.5) is 11.5 Å². The van der Waals surface area contributed by atoms with Crippen LogP contribution in [0.25, 0.3) is 0 Å². The summed E-state index contributed by atoms with van der Waals surface area (Å²) < 4.78 is 10.7. The summed E-state index contributed by atoms with van der Waals surface area (Å²) in [5.74, 6) is 1.98. The molecule has 5 rings (SSSR count). The number of rotatable bonds is 4. The first-order chi connectivity index (χ1) is 15.7. The second-order valence-electron chi connectivity index (χ2n) is 8.55. The lowest BCUT2D eigenvalue weighted by molar-refractivity contribution is -0.121. The average Bonchev–Trinajstić information content (AvgIpc) is 3.32. The van der Waals surface area contributed by atoms with E-state index in [-0.39, 0.29) is 24.5 Å². The summed E-state index contributed by atoms with van der Waals surface area (Å²) >= 11 is 0. The molecule has 4 heterocycles. The highest BCUT2D eigenvalue weighted by Crippen LogP contribution is 2.34. The second-order valence-corrected chi connectivity index (χ2v) is 8.55. The molecule has 0 aliphatic carbocycles. The number of hydrogen-bond acceptors (Lipinski definition) is 6. The third kappa shape index (κ3) is 4.22. The largest absolute Gasteiger partial charge is 0.454 e. The number of ether oxygens (including phenoxy) is 2. The Balaban J connectivity index is 1.19. The molecule has 0 spiro atoms. The van der Waals surface area contributed by atoms with Gasteiger partial charge in [-0.05, 0) is 56.4 Å². The van der Waals surface area contributed by atoms with E-state index in [2.05, 4.69) is 15.2 Å². The SMILES string of the molecule is O=C(Nc1ccc2c(c1)OCO2)C1CCN(C(=O)c2cccnc2N2CCCCC2)CC1. The number of piperidine rings is 2. The Morgan fingerprint density at radius 3 is 2.56 bits per heavy atom. The molecule has 0 saturated carbocycles. The third-order valence-electron chi connectivity index (χ3n) is 6.47. The molecule has 0 bridgehead atoms. The number of pyridine rings is 1. The Morgan fingerprint density at radius 2 is 1.75 bits per heavy atom. The molecule has 1 N–H and O–H groups in total. The fourth-order valence-corrected chi connectivity index (χ4v) is 4.66. The van der Waals surface area contributed by atoms with Gasteiger partial charge in [0.2, 0.25) is 12.7 Å². The highest BCUT2D eigenvalue weighted by atomic mass is 16.7. The van der Waals surface area contributed by atoms with Gasteiger partial charge < -0.3 is 24.6 Å². The maximum Gasteiger partial charge on any atom is 0.257 e. The summed E-state index contributed by atoms with van der Waals surface area (Å²) in [4.78, 5) is 34.7. The molecule has 32 heavy (non-hydrogen) atoms. The monoisotopic (exact) mass is 436 g/mol. The van der Waals surface area contributed by atoms with Crippen molar-refractivity contribution in [3.05, 3.63) is 42.1 Å². The summed E-state index contributed by atoms with van der Waals surface area (Å²) in [6.07, 6.45) is 6.53. The van der Waals surface area contributed by atoms with Gasteiger partial charge in [0.15, 0.2) is 11.5 Å². The van der Waals surface area contributed by atoms with Crippen molar-refractivity contribution in [3.63, 3.8) is 0 Å². The average molecular weight is 437 g/mol. The number of carbonyl (C=O) groups excluding carboxylic acids is 2. The predicted molar refractivity (Wildman–Crippen MR) is 120 cm³/mol. The molecule has 2 saturated heterocycles. The van der Waals surface area contributed by atoms with Crippen LogP contribution in [0.2, 0.25) is 0 Å². The normalized spacial score (nSPS) is 18.5. The van der Waals surface area contributed by atoms with Crippen molar-refractivity contribution in [1.29, 1.82) is 0 Å². The maximum absolute atomic E-state index is 13.3. The molecule has 3 aliphatic rings. The van der Waals surface area contributed by atoms with E-state index in [4.69, 9.17) is 9.47 Å². The Bertz CT molecular complexity index is 997. The smallest absolute Gasteiger partial charge is 0.257 e. The highest BCUT2D eigenvalue weighted by Gasteiger charge is 2.30. The van der Waals surface area contributed by atoms with Crippen LogP contribution in [-0.2, 0) is 4.79 Å². The van der Waals surface area contributed by atoms with E-state index in [1.54, 1.807) is 18.3 Å². The molecule has 1 aromatic heterocycles. The van der Waals surface area contributed by atoms with Crippen LogP contribution in [-0.4, -0.2) is 54.7 Å². The maximum atomic E-state index is 13.3. The van der Waals surface area contributed by atoms with Crippen molar-refractivity contribution < 1.29 is 19.1 Å². The Labute approximate surface area is 187 Å². The van der Waals surface area contributed by atoms with Gasteiger partial charge in [-0.25, -0.2) is 4.98 Å². The van der Waals surface area contributed by atoms with Gasteiger partial charge in [-0.3, -0.25) is 9.59 Å². The van der Waals surface area contributed by atoms with Crippen LogP contribution in [0, 0.1) is 5.92 Å². The fraction of sp³-hybridized carbons (Fsp3) is 0.458. The van der Waals surface area contributed by atoms with Gasteiger partial charge in [-0.15, -0.1) is 0 Å². The standard InChI is InChI=1S/C24H28N4O4/c29-23(26-18-6-7-20-21(15-18)32-16-31-20)17-8-13-28(14-9-17)24(30)19-5-4-10-25-22(19)27-11-2-1-3-12-27/h4-7,10,15,17H,1-3,8-9,11-14,16H2,(H,26,29). The van der Waals surface area contributed by atoms with Crippen LogP contribution < -0.4 is 19.7 Å². The number of aromatic nitrogens is 1. The molecule has 2 fully saturated rings. The number of likely N-dealkylation sites (tertiary alicyclic amines) is 1. The predicted octanol–water partition coefficient (Wildman–Crippen LogP) is 3.29. The van der Waals surface area contributed by atoms with Gasteiger partial charge in [0, 0.05) is 50.0 Å². The lowest BCUT2D eigenvalue weighted by atomic mass is 9.95. The van der Waals surface area contributed by atoms with Crippen molar-refractivity contribution in [1.82, 2.24) is 9.88 Å². The van der Waals surface area contributed by atoms with E-state index in [9.17, 15) is 9.59 Å². The quantitative estimate of drug-likeness (QED) is 0.792. The van der Waals surface area contributed by atoms with Gasteiger partial charge in [-0.1, -0.05) is 0 Å². The summed E-state index contributed by atoms with van der Waals surface area (Å²) in [7, 11) is 0. The number of amides is 2. The number of nitrogens with zero attached hydrogens (tertiary/aromatic N) is 3. The summed E-state index contributed by atoms with van der Waals surface area (Å²) in [5.41, 5.74) is 1.36. The van der Waals surface area contributed by atoms with Crippen molar-refractivity contribution in [2.75, 3.05) is 43.2 Å². The topological polar surface area (TPSA) is 84.0 Å². The van der Waals surface area contributed by atoms with Crippen molar-refractivity contribution in [2.45, 2.75) is 32.1 Å². The summed E-state index contributed by atoms with van der Waals surface area (Å²) in [5, 5.41) is 2.97. The minimum atomic E-state index is -0.125. The minimum absolute atomic E-state index is 0.00769. The molecular formula is C24H28N4O4. The third-order valence-corrected chi connectivity index (χ3v) is 6.47. The molecule has 0 atom stereocenters. The first-order valence-electron chi connectivity index (χ1n) is 11.4. The van der Waals surface area contributed by atoms with Crippen LogP contribution in [0.15, 0.2) is 36.5 Å². The Hall–Kier alpha value is -3.29. The summed E-state index contributed by atoms with van der Waals surface area (Å²) in [6.45, 7) is 3.22. The Kier molecular flexibility index (Phi) is 5.83. The lowest BCUT2D eigenvalue weighted by Gasteiger charge is -2.33. The van der Waals surface area contributed by atoms with Crippen molar-refractivity contribution in [2.24, 2.45) is 5.92 Å². The van der Waals surface area contributed by atoms with Gasteiger partial charge >= 0.3 is 0 Å². The zero-order valence-electron chi connectivity index (χ0n) is 18.1. The number of benzene rings is 1. The number of carbonyl (C=O) groups is 2. The zero-order valence-corrected chi connectivity index (χ0v) is 18.1. The van der Waals surface area contributed by atoms with Gasteiger partial charge in [-0.2, -0.15) is 0 Å². The highest BCUT2D eigenvalue weighted by molar-refractivity contribution is 5.99. The number of hydrogen-bond donors (Lipinski definition) is 1. The molecule has 2 amide bonds. The molecule has 8 heteroatoms. The van der Waals surface area contributed by atoms with Crippen molar-refractivity contribution in [3.8, 4) is 11.5 Å². The first kappa shape index (κ1) is 20.6. The molecular weight excluding hydrogens is 408 g/mol. The van der Waals surface area contributed by atoms with E-state index in [0.29, 0.717) is 48.7 Å². The second kappa shape index (κ2) is 9.06. The summed E-state index contributed by atoms with van der Waals surface area (Å²) in [6, 6.07) is 9.09.